The number of likely N-dealkylation sites (tertiary alicyclic amines) is 1. The molecule has 7 heteroatoms. The maximum atomic E-state index is 12.6. The highest BCUT2D eigenvalue weighted by molar-refractivity contribution is 6.30. The van der Waals surface area contributed by atoms with Gasteiger partial charge >= 0.3 is 6.09 Å². The number of para-hydroxylation sites is 1. The smallest absolute Gasteiger partial charge is 0.410 e. The number of amides is 1. The van der Waals surface area contributed by atoms with Gasteiger partial charge in [0.05, 0.1) is 5.02 Å². The molecule has 0 N–H and O–H groups in total. The van der Waals surface area contributed by atoms with Crippen molar-refractivity contribution in [1.82, 2.24) is 9.88 Å². The van der Waals surface area contributed by atoms with Crippen LogP contribution in [0.4, 0.5) is 4.79 Å². The van der Waals surface area contributed by atoms with Gasteiger partial charge in [-0.05, 0) is 63.6 Å². The van der Waals surface area contributed by atoms with Crippen LogP contribution < -0.4 is 9.47 Å². The molecule has 3 aliphatic rings. The summed E-state index contributed by atoms with van der Waals surface area (Å²) in [7, 11) is 0. The third-order valence-electron chi connectivity index (χ3n) is 6.23. The van der Waals surface area contributed by atoms with E-state index in [0.717, 1.165) is 29.9 Å². The minimum atomic E-state index is -0.997. The summed E-state index contributed by atoms with van der Waals surface area (Å²) < 4.78 is 18.2. The zero-order chi connectivity index (χ0) is 22.0. The average molecular weight is 443 g/mol. The minimum absolute atomic E-state index is 0.210. The quantitative estimate of drug-likeness (QED) is 0.615. The van der Waals surface area contributed by atoms with Gasteiger partial charge in [0.15, 0.2) is 11.5 Å². The third kappa shape index (κ3) is 3.71. The molecule has 0 radical (unpaired) electrons. The van der Waals surface area contributed by atoms with E-state index >= 15 is 0 Å². The molecule has 0 unspecified atom stereocenters. The van der Waals surface area contributed by atoms with Crippen LogP contribution in [0.5, 0.6) is 11.5 Å². The van der Waals surface area contributed by atoms with E-state index in [4.69, 9.17) is 25.8 Å². The summed E-state index contributed by atoms with van der Waals surface area (Å²) >= 11 is 5.99. The molecular formula is C24H27ClN2O4. The SMILES string of the molecule is CC(C)(C)OC(=O)N1CC[C@@H](c2cccc3c2O[C@@](C)(c2ccc(Cl)cn2)O3)[C@@H]2C[C@@H]21. The van der Waals surface area contributed by atoms with Crippen LogP contribution in [-0.4, -0.2) is 34.2 Å². The first-order valence-electron chi connectivity index (χ1n) is 10.8. The number of piperidine rings is 1. The first kappa shape index (κ1) is 20.4. The van der Waals surface area contributed by atoms with E-state index in [-0.39, 0.29) is 12.1 Å². The van der Waals surface area contributed by atoms with E-state index in [1.165, 1.54) is 0 Å². The molecule has 1 saturated carbocycles. The summed E-state index contributed by atoms with van der Waals surface area (Å²) in [5.41, 5.74) is 1.33. The summed E-state index contributed by atoms with van der Waals surface area (Å²) in [6, 6.07) is 9.90. The molecule has 0 bridgehead atoms. The Kier molecular flexibility index (Phi) is 4.63. The molecule has 1 aromatic heterocycles. The van der Waals surface area contributed by atoms with Crippen LogP contribution in [0.25, 0.3) is 0 Å². The van der Waals surface area contributed by atoms with Crippen molar-refractivity contribution in [1.29, 1.82) is 0 Å². The summed E-state index contributed by atoms with van der Waals surface area (Å²) in [5.74, 6) is 1.25. The molecule has 5 rings (SSSR count). The minimum Gasteiger partial charge on any atom is -0.444 e. The topological polar surface area (TPSA) is 60.9 Å². The number of benzene rings is 1. The number of carbonyl (C=O) groups excluding carboxylic acids is 1. The molecule has 4 atom stereocenters. The largest absolute Gasteiger partial charge is 0.444 e. The van der Waals surface area contributed by atoms with Gasteiger partial charge in [0.1, 0.15) is 11.3 Å². The van der Waals surface area contributed by atoms with Gasteiger partial charge in [0.25, 0.3) is 5.79 Å². The highest BCUT2D eigenvalue weighted by Gasteiger charge is 2.54. The molecule has 1 saturated heterocycles. The normalized spacial score (nSPS) is 28.8. The van der Waals surface area contributed by atoms with Crippen LogP contribution in [0.3, 0.4) is 0 Å². The molecule has 1 aromatic carbocycles. The molecule has 31 heavy (non-hydrogen) atoms. The van der Waals surface area contributed by atoms with Crippen LogP contribution in [0.15, 0.2) is 36.5 Å². The van der Waals surface area contributed by atoms with Crippen molar-refractivity contribution in [3.63, 3.8) is 0 Å². The maximum absolute atomic E-state index is 12.6. The monoisotopic (exact) mass is 442 g/mol. The van der Waals surface area contributed by atoms with E-state index in [1.807, 2.05) is 50.8 Å². The Bertz CT molecular complexity index is 1020. The number of nitrogens with zero attached hydrogens (tertiary/aromatic N) is 2. The van der Waals surface area contributed by atoms with Gasteiger partial charge < -0.3 is 19.1 Å². The zero-order valence-corrected chi connectivity index (χ0v) is 19.0. The van der Waals surface area contributed by atoms with Crippen LogP contribution in [0.1, 0.15) is 57.7 Å². The molecule has 6 nitrogen and oxygen atoms in total. The fraction of sp³-hybridized carbons (Fsp3) is 0.500. The Morgan fingerprint density at radius 2 is 2.06 bits per heavy atom. The molecule has 0 spiro atoms. The fourth-order valence-corrected chi connectivity index (χ4v) is 4.88. The summed E-state index contributed by atoms with van der Waals surface area (Å²) in [6.07, 6.45) is 3.25. The fourth-order valence-electron chi connectivity index (χ4n) is 4.77. The van der Waals surface area contributed by atoms with Crippen molar-refractivity contribution in [3.05, 3.63) is 52.8 Å². The van der Waals surface area contributed by atoms with Gasteiger partial charge in [-0.2, -0.15) is 0 Å². The number of ether oxygens (including phenoxy) is 3. The van der Waals surface area contributed by atoms with Crippen LogP contribution in [0, 0.1) is 5.92 Å². The number of pyridine rings is 1. The van der Waals surface area contributed by atoms with E-state index < -0.39 is 11.4 Å². The van der Waals surface area contributed by atoms with Crippen LogP contribution in [0.2, 0.25) is 5.02 Å². The number of rotatable bonds is 2. The average Bonchev–Trinajstić information content (AvgIpc) is 3.41. The lowest BCUT2D eigenvalue weighted by atomic mass is 9.87. The lowest BCUT2D eigenvalue weighted by molar-refractivity contribution is -0.0722. The van der Waals surface area contributed by atoms with Gasteiger partial charge in [-0.25, -0.2) is 4.79 Å². The maximum Gasteiger partial charge on any atom is 0.410 e. The molecule has 1 amide bonds. The molecule has 2 aromatic rings. The summed E-state index contributed by atoms with van der Waals surface area (Å²) in [5, 5.41) is 0.570. The zero-order valence-electron chi connectivity index (χ0n) is 18.2. The predicted octanol–water partition coefficient (Wildman–Crippen LogP) is 5.49. The first-order valence-corrected chi connectivity index (χ1v) is 11.1. The number of hydrogen-bond acceptors (Lipinski definition) is 5. The second-order valence-electron chi connectivity index (χ2n) is 9.72. The highest BCUT2D eigenvalue weighted by Crippen LogP contribution is 2.56. The predicted molar refractivity (Wildman–Crippen MR) is 116 cm³/mol. The van der Waals surface area contributed by atoms with Gasteiger partial charge in [-0.15, -0.1) is 0 Å². The standard InChI is InChI=1S/C24H27ClN2O4/c1-23(2,3)31-22(28)27-11-10-15(17-12-18(17)27)16-6-5-7-19-21(16)30-24(4,29-19)20-9-8-14(25)13-26-20/h5-9,13,15,17-18H,10-12H2,1-4H3/t15-,17-,18-,24-/m0/s1. The molecule has 2 aliphatic heterocycles. The number of aromatic nitrogens is 1. The Balaban J connectivity index is 1.36. The molecular weight excluding hydrogens is 416 g/mol. The Morgan fingerprint density at radius 1 is 1.26 bits per heavy atom. The number of carbonyl (C=O) groups is 1. The van der Waals surface area contributed by atoms with Crippen molar-refractivity contribution in [3.8, 4) is 11.5 Å². The Hall–Kier alpha value is -2.47. The van der Waals surface area contributed by atoms with E-state index in [9.17, 15) is 4.79 Å². The van der Waals surface area contributed by atoms with Crippen molar-refractivity contribution < 1.29 is 19.0 Å². The van der Waals surface area contributed by atoms with Crippen molar-refractivity contribution in [2.75, 3.05) is 6.54 Å². The van der Waals surface area contributed by atoms with E-state index in [0.29, 0.717) is 29.1 Å². The Morgan fingerprint density at radius 3 is 2.77 bits per heavy atom. The van der Waals surface area contributed by atoms with Gasteiger partial charge in [-0.1, -0.05) is 23.7 Å². The van der Waals surface area contributed by atoms with E-state index in [2.05, 4.69) is 11.1 Å². The van der Waals surface area contributed by atoms with Gasteiger partial charge in [0, 0.05) is 31.3 Å². The molecule has 3 heterocycles. The lowest BCUT2D eigenvalue weighted by Crippen LogP contribution is -2.42. The van der Waals surface area contributed by atoms with Crippen molar-refractivity contribution in [2.45, 2.75) is 63.9 Å². The summed E-state index contributed by atoms with van der Waals surface area (Å²) in [6.45, 7) is 8.26. The molecule has 2 fully saturated rings. The summed E-state index contributed by atoms with van der Waals surface area (Å²) in [4.78, 5) is 18.9. The van der Waals surface area contributed by atoms with Crippen molar-refractivity contribution in [2.24, 2.45) is 5.92 Å². The van der Waals surface area contributed by atoms with E-state index in [1.54, 1.807) is 12.3 Å². The second-order valence-corrected chi connectivity index (χ2v) is 10.2. The highest BCUT2D eigenvalue weighted by atomic mass is 35.5. The van der Waals surface area contributed by atoms with Gasteiger partial charge in [-0.3, -0.25) is 4.98 Å². The second kappa shape index (κ2) is 7.02. The number of hydrogen-bond donors (Lipinski definition) is 0. The van der Waals surface area contributed by atoms with Crippen LogP contribution in [-0.2, 0) is 10.5 Å². The molecule has 1 aliphatic carbocycles. The Labute approximate surface area is 187 Å². The first-order chi connectivity index (χ1) is 14.6. The third-order valence-corrected chi connectivity index (χ3v) is 6.46. The number of fused-ring (bicyclic) bond motifs is 2. The lowest BCUT2D eigenvalue weighted by Gasteiger charge is -2.33. The number of halogens is 1. The van der Waals surface area contributed by atoms with Crippen molar-refractivity contribution >= 4 is 17.7 Å². The molecule has 164 valence electrons. The van der Waals surface area contributed by atoms with Crippen LogP contribution >= 0.6 is 11.6 Å². The van der Waals surface area contributed by atoms with Gasteiger partial charge in [0.2, 0.25) is 0 Å².